The van der Waals surface area contributed by atoms with E-state index in [-0.39, 0.29) is 11.3 Å². The van der Waals surface area contributed by atoms with Gasteiger partial charge < -0.3 is 10.1 Å². The van der Waals surface area contributed by atoms with Gasteiger partial charge in [-0.3, -0.25) is 4.79 Å². The van der Waals surface area contributed by atoms with Crippen molar-refractivity contribution < 1.29 is 5.11 Å². The summed E-state index contributed by atoms with van der Waals surface area (Å²) in [4.78, 5) is 18.7. The van der Waals surface area contributed by atoms with E-state index in [0.717, 1.165) is 24.1 Å². The van der Waals surface area contributed by atoms with Crippen LogP contribution in [0.2, 0.25) is 0 Å². The van der Waals surface area contributed by atoms with Crippen LogP contribution in [0.1, 0.15) is 24.5 Å². The van der Waals surface area contributed by atoms with E-state index in [1.807, 2.05) is 0 Å². The third-order valence-corrected chi connectivity index (χ3v) is 2.90. The van der Waals surface area contributed by atoms with Crippen LogP contribution in [-0.4, -0.2) is 15.1 Å². The largest absolute Gasteiger partial charge is 0.508 e. The number of phenols is 1. The summed E-state index contributed by atoms with van der Waals surface area (Å²) in [7, 11) is 0. The Hall–Kier alpha value is -2.10. The van der Waals surface area contributed by atoms with Crippen molar-refractivity contribution >= 4 is 0 Å². The molecule has 0 atom stereocenters. The molecule has 0 saturated heterocycles. The van der Waals surface area contributed by atoms with E-state index in [0.29, 0.717) is 11.7 Å². The molecular formula is C13H12N2O2. The Balaban J connectivity index is 2.07. The molecule has 3 rings (SSSR count). The van der Waals surface area contributed by atoms with Gasteiger partial charge in [-0.05, 0) is 37.1 Å². The molecule has 4 heteroatoms. The average molecular weight is 228 g/mol. The zero-order chi connectivity index (χ0) is 11.8. The lowest BCUT2D eigenvalue weighted by atomic mass is 10.2. The fourth-order valence-corrected chi connectivity index (χ4v) is 1.82. The van der Waals surface area contributed by atoms with Crippen LogP contribution in [0.25, 0.3) is 11.4 Å². The van der Waals surface area contributed by atoms with E-state index in [9.17, 15) is 9.90 Å². The SMILES string of the molecule is O=c1cc(C2CC2)nc(-c2ccc(O)cc2)[nH]1. The molecule has 1 heterocycles. The number of nitrogens with one attached hydrogen (secondary N) is 1. The molecule has 0 amide bonds. The standard InChI is InChI=1S/C13H12N2O2/c16-10-5-3-9(4-6-10)13-14-11(8-1-2-8)7-12(17)15-13/h3-8,16H,1-2H2,(H,14,15,17). The lowest BCUT2D eigenvalue weighted by molar-refractivity contribution is 0.475. The van der Waals surface area contributed by atoms with Crippen molar-refractivity contribution in [2.75, 3.05) is 0 Å². The highest BCUT2D eigenvalue weighted by Gasteiger charge is 2.25. The average Bonchev–Trinajstić information content (AvgIpc) is 3.13. The van der Waals surface area contributed by atoms with Crippen LogP contribution in [0, 0.1) is 0 Å². The van der Waals surface area contributed by atoms with Crippen molar-refractivity contribution in [3.8, 4) is 17.1 Å². The molecule has 0 bridgehead atoms. The molecule has 0 unspecified atom stereocenters. The molecule has 1 aromatic carbocycles. The molecule has 0 aliphatic heterocycles. The minimum absolute atomic E-state index is 0.120. The maximum absolute atomic E-state index is 11.5. The summed E-state index contributed by atoms with van der Waals surface area (Å²) in [5.74, 6) is 1.22. The second kappa shape index (κ2) is 3.73. The van der Waals surface area contributed by atoms with Crippen LogP contribution >= 0.6 is 0 Å². The number of hydrogen-bond acceptors (Lipinski definition) is 3. The van der Waals surface area contributed by atoms with Gasteiger partial charge in [-0.15, -0.1) is 0 Å². The Morgan fingerprint density at radius 1 is 1.24 bits per heavy atom. The van der Waals surface area contributed by atoms with E-state index in [1.165, 1.54) is 0 Å². The van der Waals surface area contributed by atoms with Crippen LogP contribution < -0.4 is 5.56 Å². The summed E-state index contributed by atoms with van der Waals surface area (Å²) in [5.41, 5.74) is 1.56. The quantitative estimate of drug-likeness (QED) is 0.826. The van der Waals surface area contributed by atoms with E-state index >= 15 is 0 Å². The van der Waals surface area contributed by atoms with Gasteiger partial charge in [-0.1, -0.05) is 0 Å². The normalized spacial score (nSPS) is 14.8. The second-order valence-corrected chi connectivity index (χ2v) is 4.34. The number of benzene rings is 1. The molecule has 0 radical (unpaired) electrons. The van der Waals surface area contributed by atoms with Crippen molar-refractivity contribution in [2.24, 2.45) is 0 Å². The van der Waals surface area contributed by atoms with Gasteiger partial charge in [0, 0.05) is 17.5 Å². The monoisotopic (exact) mass is 228 g/mol. The van der Waals surface area contributed by atoms with Gasteiger partial charge in [-0.2, -0.15) is 0 Å². The number of aromatic hydroxyl groups is 1. The van der Waals surface area contributed by atoms with Crippen molar-refractivity contribution in [2.45, 2.75) is 18.8 Å². The summed E-state index contributed by atoms with van der Waals surface area (Å²) < 4.78 is 0. The predicted octanol–water partition coefficient (Wildman–Crippen LogP) is 2.02. The molecule has 17 heavy (non-hydrogen) atoms. The molecule has 2 N–H and O–H groups in total. The fraction of sp³-hybridized carbons (Fsp3) is 0.231. The topological polar surface area (TPSA) is 66.0 Å². The highest BCUT2D eigenvalue weighted by molar-refractivity contribution is 5.56. The molecule has 1 aliphatic carbocycles. The fourth-order valence-electron chi connectivity index (χ4n) is 1.82. The van der Waals surface area contributed by atoms with E-state index in [4.69, 9.17) is 0 Å². The number of nitrogens with zero attached hydrogens (tertiary/aromatic N) is 1. The van der Waals surface area contributed by atoms with Crippen molar-refractivity contribution in [3.63, 3.8) is 0 Å². The van der Waals surface area contributed by atoms with Crippen LogP contribution in [0.5, 0.6) is 5.75 Å². The predicted molar refractivity (Wildman–Crippen MR) is 63.9 cm³/mol. The number of H-pyrrole nitrogens is 1. The number of aromatic amines is 1. The maximum atomic E-state index is 11.5. The van der Waals surface area contributed by atoms with Gasteiger partial charge in [0.25, 0.3) is 5.56 Å². The zero-order valence-electron chi connectivity index (χ0n) is 9.18. The van der Waals surface area contributed by atoms with Crippen LogP contribution in [0.15, 0.2) is 35.1 Å². The van der Waals surface area contributed by atoms with Crippen LogP contribution in [0.3, 0.4) is 0 Å². The summed E-state index contributed by atoms with van der Waals surface area (Å²) in [5, 5.41) is 9.22. The van der Waals surface area contributed by atoms with Gasteiger partial charge >= 0.3 is 0 Å². The summed E-state index contributed by atoms with van der Waals surface area (Å²) in [6, 6.07) is 8.22. The van der Waals surface area contributed by atoms with E-state index in [1.54, 1.807) is 30.3 Å². The molecule has 1 aliphatic rings. The highest BCUT2D eigenvalue weighted by atomic mass is 16.3. The third kappa shape index (κ3) is 2.06. The summed E-state index contributed by atoms with van der Waals surface area (Å²) in [6.07, 6.45) is 2.23. The summed E-state index contributed by atoms with van der Waals surface area (Å²) in [6.45, 7) is 0. The molecule has 0 spiro atoms. The van der Waals surface area contributed by atoms with Crippen LogP contribution in [0.4, 0.5) is 0 Å². The van der Waals surface area contributed by atoms with Gasteiger partial charge in [0.1, 0.15) is 11.6 Å². The molecule has 1 fully saturated rings. The lowest BCUT2D eigenvalue weighted by Gasteiger charge is -2.03. The Morgan fingerprint density at radius 3 is 2.59 bits per heavy atom. The molecule has 2 aromatic rings. The number of aromatic nitrogens is 2. The third-order valence-electron chi connectivity index (χ3n) is 2.90. The first-order valence-corrected chi connectivity index (χ1v) is 5.63. The Labute approximate surface area is 98.0 Å². The number of hydrogen-bond donors (Lipinski definition) is 2. The Bertz CT molecular complexity index is 598. The van der Waals surface area contributed by atoms with Crippen LogP contribution in [-0.2, 0) is 0 Å². The van der Waals surface area contributed by atoms with E-state index in [2.05, 4.69) is 9.97 Å². The van der Waals surface area contributed by atoms with Gasteiger partial charge in [0.2, 0.25) is 0 Å². The number of rotatable bonds is 2. The van der Waals surface area contributed by atoms with Crippen molar-refractivity contribution in [1.29, 1.82) is 0 Å². The minimum atomic E-state index is -0.120. The van der Waals surface area contributed by atoms with Crippen molar-refractivity contribution in [1.82, 2.24) is 9.97 Å². The Morgan fingerprint density at radius 2 is 1.94 bits per heavy atom. The lowest BCUT2D eigenvalue weighted by Crippen LogP contribution is -2.09. The number of phenolic OH excluding ortho intramolecular Hbond substituents is 1. The van der Waals surface area contributed by atoms with Crippen molar-refractivity contribution in [3.05, 3.63) is 46.4 Å². The highest BCUT2D eigenvalue weighted by Crippen LogP contribution is 2.38. The smallest absolute Gasteiger partial charge is 0.251 e. The van der Waals surface area contributed by atoms with E-state index < -0.39 is 0 Å². The molecular weight excluding hydrogens is 216 g/mol. The minimum Gasteiger partial charge on any atom is -0.508 e. The Kier molecular flexibility index (Phi) is 2.21. The van der Waals surface area contributed by atoms with Gasteiger partial charge in [-0.25, -0.2) is 4.98 Å². The van der Waals surface area contributed by atoms with Gasteiger partial charge in [0.05, 0.1) is 5.69 Å². The molecule has 86 valence electrons. The molecule has 1 saturated carbocycles. The second-order valence-electron chi connectivity index (χ2n) is 4.34. The zero-order valence-corrected chi connectivity index (χ0v) is 9.18. The molecule has 1 aromatic heterocycles. The first kappa shape index (κ1) is 10.1. The molecule has 4 nitrogen and oxygen atoms in total. The maximum Gasteiger partial charge on any atom is 0.251 e. The first-order chi connectivity index (χ1) is 8.22. The first-order valence-electron chi connectivity index (χ1n) is 5.63. The summed E-state index contributed by atoms with van der Waals surface area (Å²) >= 11 is 0. The van der Waals surface area contributed by atoms with Gasteiger partial charge in [0.15, 0.2) is 0 Å².